The zero-order valence-electron chi connectivity index (χ0n) is 13.1. The second-order valence-corrected chi connectivity index (χ2v) is 5.96. The third-order valence-electron chi connectivity index (χ3n) is 4.32. The number of anilines is 1. The first-order valence-corrected chi connectivity index (χ1v) is 7.91. The van der Waals surface area contributed by atoms with E-state index in [1.807, 2.05) is 0 Å². The van der Waals surface area contributed by atoms with Crippen molar-refractivity contribution in [3.63, 3.8) is 0 Å². The number of hydrogen-bond donors (Lipinski definition) is 0. The Hall–Kier alpha value is -1.96. The van der Waals surface area contributed by atoms with Crippen LogP contribution in [0.4, 0.5) is 18.9 Å². The van der Waals surface area contributed by atoms with Crippen molar-refractivity contribution >= 4 is 11.7 Å². The van der Waals surface area contributed by atoms with Gasteiger partial charge in [0, 0.05) is 31.9 Å². The molecule has 0 saturated carbocycles. The molecule has 1 aromatic carbocycles. The summed E-state index contributed by atoms with van der Waals surface area (Å²) < 4.78 is 45.5. The second-order valence-electron chi connectivity index (χ2n) is 5.96. The fourth-order valence-corrected chi connectivity index (χ4v) is 3.15. The maximum atomic E-state index is 12.2. The van der Waals surface area contributed by atoms with Gasteiger partial charge in [0.25, 0.3) is 0 Å². The average molecular weight is 344 g/mol. The third kappa shape index (κ3) is 4.31. The van der Waals surface area contributed by atoms with E-state index in [-0.39, 0.29) is 17.8 Å². The van der Waals surface area contributed by atoms with E-state index in [2.05, 4.69) is 14.5 Å². The lowest BCUT2D eigenvalue weighted by Crippen LogP contribution is -2.38. The van der Waals surface area contributed by atoms with Crippen molar-refractivity contribution in [2.75, 3.05) is 37.7 Å². The Morgan fingerprint density at radius 2 is 1.83 bits per heavy atom. The minimum Gasteiger partial charge on any atom is -0.464 e. The van der Waals surface area contributed by atoms with Crippen LogP contribution in [0, 0.1) is 0 Å². The quantitative estimate of drug-likeness (QED) is 0.788. The standard InChI is InChI=1S/C16H19F3N2O3/c17-16(18,19)24-14-4-2-12(3-5-14)20-6-1-7-21(9-8-20)13-10-15(22)23-11-13/h2-5,13H,1,6-11H2. The van der Waals surface area contributed by atoms with E-state index < -0.39 is 6.36 Å². The molecule has 5 nitrogen and oxygen atoms in total. The van der Waals surface area contributed by atoms with Crippen molar-refractivity contribution in [3.8, 4) is 5.75 Å². The molecule has 8 heteroatoms. The van der Waals surface area contributed by atoms with Gasteiger partial charge in [-0.15, -0.1) is 13.2 Å². The van der Waals surface area contributed by atoms with E-state index in [4.69, 9.17) is 4.74 Å². The molecule has 0 bridgehead atoms. The van der Waals surface area contributed by atoms with Crippen LogP contribution >= 0.6 is 0 Å². The van der Waals surface area contributed by atoms with Crippen molar-refractivity contribution in [2.45, 2.75) is 25.2 Å². The largest absolute Gasteiger partial charge is 0.573 e. The Labute approximate surface area is 137 Å². The highest BCUT2D eigenvalue weighted by Gasteiger charge is 2.32. The minimum atomic E-state index is -4.68. The number of hydrogen-bond acceptors (Lipinski definition) is 5. The molecule has 2 fully saturated rings. The molecule has 0 aliphatic carbocycles. The van der Waals surface area contributed by atoms with Crippen LogP contribution < -0.4 is 9.64 Å². The normalized spacial score (nSPS) is 23.0. The number of esters is 1. The Morgan fingerprint density at radius 3 is 2.46 bits per heavy atom. The molecule has 1 atom stereocenters. The zero-order chi connectivity index (χ0) is 17.2. The van der Waals surface area contributed by atoms with Crippen LogP contribution in [0.3, 0.4) is 0 Å². The summed E-state index contributed by atoms with van der Waals surface area (Å²) in [5, 5.41) is 0. The number of halogens is 3. The predicted molar refractivity (Wildman–Crippen MR) is 80.9 cm³/mol. The van der Waals surface area contributed by atoms with Gasteiger partial charge in [-0.05, 0) is 30.7 Å². The molecule has 0 spiro atoms. The Bertz CT molecular complexity index is 577. The molecule has 0 radical (unpaired) electrons. The molecule has 1 unspecified atom stereocenters. The molecule has 2 aliphatic rings. The number of carbonyl (C=O) groups excluding carboxylic acids is 1. The molecular weight excluding hydrogens is 325 g/mol. The van der Waals surface area contributed by atoms with Crippen LogP contribution in [0.1, 0.15) is 12.8 Å². The first-order chi connectivity index (χ1) is 11.4. The van der Waals surface area contributed by atoms with Gasteiger partial charge in [-0.1, -0.05) is 0 Å². The maximum Gasteiger partial charge on any atom is 0.573 e. The number of cyclic esters (lactones) is 1. The number of ether oxygens (including phenoxy) is 2. The van der Waals surface area contributed by atoms with Gasteiger partial charge < -0.3 is 14.4 Å². The van der Waals surface area contributed by atoms with Gasteiger partial charge in [-0.25, -0.2) is 0 Å². The lowest BCUT2D eigenvalue weighted by atomic mass is 10.2. The third-order valence-corrected chi connectivity index (χ3v) is 4.32. The molecule has 3 rings (SSSR count). The summed E-state index contributed by atoms with van der Waals surface area (Å²) >= 11 is 0. The van der Waals surface area contributed by atoms with Crippen LogP contribution in [0.2, 0.25) is 0 Å². The summed E-state index contributed by atoms with van der Waals surface area (Å²) in [5.74, 6) is -0.370. The SMILES string of the molecule is O=C1CC(N2CCCN(c3ccc(OC(F)(F)F)cc3)CC2)CO1. The first-order valence-electron chi connectivity index (χ1n) is 7.91. The van der Waals surface area contributed by atoms with Crippen LogP contribution in [-0.4, -0.2) is 56.1 Å². The second kappa shape index (κ2) is 6.88. The highest BCUT2D eigenvalue weighted by Crippen LogP contribution is 2.26. The van der Waals surface area contributed by atoms with Gasteiger partial charge >= 0.3 is 12.3 Å². The van der Waals surface area contributed by atoms with Crippen LogP contribution in [0.25, 0.3) is 0 Å². The van der Waals surface area contributed by atoms with E-state index in [0.29, 0.717) is 13.0 Å². The maximum absolute atomic E-state index is 12.2. The summed E-state index contributed by atoms with van der Waals surface area (Å²) in [6.07, 6.45) is -3.32. The van der Waals surface area contributed by atoms with E-state index >= 15 is 0 Å². The molecule has 0 N–H and O–H groups in total. The Morgan fingerprint density at radius 1 is 1.08 bits per heavy atom. The van der Waals surface area contributed by atoms with Crippen LogP contribution in [0.5, 0.6) is 5.75 Å². The first kappa shape index (κ1) is 16.9. The van der Waals surface area contributed by atoms with Crippen molar-refractivity contribution in [3.05, 3.63) is 24.3 Å². The highest BCUT2D eigenvalue weighted by molar-refractivity contribution is 5.72. The summed E-state index contributed by atoms with van der Waals surface area (Å²) in [4.78, 5) is 15.6. The van der Waals surface area contributed by atoms with Crippen molar-refractivity contribution in [1.82, 2.24) is 4.90 Å². The predicted octanol–water partition coefficient (Wildman–Crippen LogP) is 2.41. The molecule has 132 valence electrons. The monoisotopic (exact) mass is 344 g/mol. The van der Waals surface area contributed by atoms with Crippen molar-refractivity contribution in [2.24, 2.45) is 0 Å². The Kier molecular flexibility index (Phi) is 4.84. The van der Waals surface area contributed by atoms with Gasteiger partial charge in [0.15, 0.2) is 0 Å². The minimum absolute atomic E-state index is 0.139. The topological polar surface area (TPSA) is 42.0 Å². The number of alkyl halides is 3. The summed E-state index contributed by atoms with van der Waals surface area (Å²) in [6, 6.07) is 6.07. The van der Waals surface area contributed by atoms with Crippen molar-refractivity contribution < 1.29 is 27.4 Å². The number of benzene rings is 1. The van der Waals surface area contributed by atoms with Gasteiger partial charge in [0.05, 0.1) is 12.5 Å². The molecule has 24 heavy (non-hydrogen) atoms. The lowest BCUT2D eigenvalue weighted by Gasteiger charge is -2.26. The number of rotatable bonds is 3. The fourth-order valence-electron chi connectivity index (χ4n) is 3.15. The molecule has 2 heterocycles. The van der Waals surface area contributed by atoms with E-state index in [9.17, 15) is 18.0 Å². The fraction of sp³-hybridized carbons (Fsp3) is 0.562. The highest BCUT2D eigenvalue weighted by atomic mass is 19.4. The van der Waals surface area contributed by atoms with Gasteiger partial charge in [-0.2, -0.15) is 0 Å². The van der Waals surface area contributed by atoms with Gasteiger partial charge in [0.1, 0.15) is 12.4 Å². The molecular formula is C16H19F3N2O3. The zero-order valence-corrected chi connectivity index (χ0v) is 13.1. The van der Waals surface area contributed by atoms with E-state index in [1.54, 1.807) is 12.1 Å². The van der Waals surface area contributed by atoms with E-state index in [0.717, 1.165) is 38.3 Å². The smallest absolute Gasteiger partial charge is 0.464 e. The van der Waals surface area contributed by atoms with Crippen LogP contribution in [0.15, 0.2) is 24.3 Å². The molecule has 1 aromatic rings. The summed E-state index contributed by atoms with van der Waals surface area (Å²) in [6.45, 7) is 3.69. The number of carbonyl (C=O) groups is 1. The lowest BCUT2D eigenvalue weighted by molar-refractivity contribution is -0.274. The summed E-state index contributed by atoms with van der Waals surface area (Å²) in [7, 11) is 0. The van der Waals surface area contributed by atoms with Gasteiger partial charge in [0.2, 0.25) is 0 Å². The summed E-state index contributed by atoms with van der Waals surface area (Å²) in [5.41, 5.74) is 0.866. The molecule has 2 aliphatic heterocycles. The molecule has 2 saturated heterocycles. The van der Waals surface area contributed by atoms with Gasteiger partial charge in [-0.3, -0.25) is 9.69 Å². The Balaban J connectivity index is 1.58. The van der Waals surface area contributed by atoms with Crippen molar-refractivity contribution in [1.29, 1.82) is 0 Å². The average Bonchev–Trinajstić information content (AvgIpc) is 2.80. The number of nitrogens with zero attached hydrogens (tertiary/aromatic N) is 2. The van der Waals surface area contributed by atoms with E-state index in [1.165, 1.54) is 12.1 Å². The van der Waals surface area contributed by atoms with Crippen LogP contribution in [-0.2, 0) is 9.53 Å². The molecule has 0 aromatic heterocycles. The molecule has 0 amide bonds.